The van der Waals surface area contributed by atoms with Crippen molar-refractivity contribution < 1.29 is 17.9 Å². The summed E-state index contributed by atoms with van der Waals surface area (Å²) in [5, 5.41) is 0.360. The number of nitrogens with zero attached hydrogens (tertiary/aromatic N) is 1. The Morgan fingerprint density at radius 2 is 2.04 bits per heavy atom. The normalized spacial score (nSPS) is 14.0. The van der Waals surface area contributed by atoms with Gasteiger partial charge in [-0.2, -0.15) is 0 Å². The van der Waals surface area contributed by atoms with E-state index in [0.29, 0.717) is 22.8 Å². The van der Waals surface area contributed by atoms with Crippen molar-refractivity contribution in [2.45, 2.75) is 24.7 Å². The lowest BCUT2D eigenvalue weighted by molar-refractivity contribution is -0.122. The van der Waals surface area contributed by atoms with Gasteiger partial charge in [0.2, 0.25) is 0 Å². The SMILES string of the molecule is COCC(=O)N1CCCc2cc(NS(=O)(=O)c3cc(Cl)ccc3C)ccc21. The maximum Gasteiger partial charge on any atom is 0.262 e. The standard InChI is InChI=1S/C19H21ClN2O4S/c1-13-5-6-15(20)11-18(13)27(24,25)21-16-7-8-17-14(10-16)4-3-9-22(17)19(23)12-26-2/h5-8,10-11,21H,3-4,9,12H2,1-2H3. The second-order valence-electron chi connectivity index (χ2n) is 6.44. The lowest BCUT2D eigenvalue weighted by Gasteiger charge is -2.29. The molecule has 0 saturated heterocycles. The number of hydrogen-bond donors (Lipinski definition) is 1. The molecule has 1 N–H and O–H groups in total. The highest BCUT2D eigenvalue weighted by atomic mass is 35.5. The molecule has 0 aliphatic carbocycles. The van der Waals surface area contributed by atoms with Crippen molar-refractivity contribution in [3.8, 4) is 0 Å². The van der Waals surface area contributed by atoms with Gasteiger partial charge in [0.1, 0.15) is 6.61 Å². The Hall–Kier alpha value is -2.09. The van der Waals surface area contributed by atoms with Gasteiger partial charge in [-0.05, 0) is 61.2 Å². The monoisotopic (exact) mass is 408 g/mol. The van der Waals surface area contributed by atoms with Gasteiger partial charge < -0.3 is 9.64 Å². The van der Waals surface area contributed by atoms with Crippen molar-refractivity contribution in [2.75, 3.05) is 29.9 Å². The minimum absolute atomic E-state index is 0.0157. The first-order valence-corrected chi connectivity index (χ1v) is 10.4. The van der Waals surface area contributed by atoms with Crippen LogP contribution in [0.15, 0.2) is 41.3 Å². The molecule has 8 heteroatoms. The van der Waals surface area contributed by atoms with Crippen LogP contribution in [0.25, 0.3) is 0 Å². The van der Waals surface area contributed by atoms with Crippen LogP contribution in [-0.4, -0.2) is 34.6 Å². The largest absolute Gasteiger partial charge is 0.375 e. The van der Waals surface area contributed by atoms with E-state index in [1.54, 1.807) is 42.2 Å². The van der Waals surface area contributed by atoms with Crippen LogP contribution >= 0.6 is 11.6 Å². The fourth-order valence-electron chi connectivity index (χ4n) is 3.19. The van der Waals surface area contributed by atoms with E-state index >= 15 is 0 Å². The van der Waals surface area contributed by atoms with Gasteiger partial charge in [-0.15, -0.1) is 0 Å². The maximum atomic E-state index is 12.7. The summed E-state index contributed by atoms with van der Waals surface area (Å²) in [7, 11) is -2.28. The van der Waals surface area contributed by atoms with E-state index in [4.69, 9.17) is 16.3 Å². The zero-order valence-electron chi connectivity index (χ0n) is 15.2. The van der Waals surface area contributed by atoms with Gasteiger partial charge in [-0.3, -0.25) is 9.52 Å². The van der Waals surface area contributed by atoms with Crippen LogP contribution in [0.2, 0.25) is 5.02 Å². The van der Waals surface area contributed by atoms with Crippen LogP contribution < -0.4 is 9.62 Å². The van der Waals surface area contributed by atoms with Gasteiger partial charge in [0.05, 0.1) is 4.90 Å². The molecule has 144 valence electrons. The molecule has 1 aliphatic rings. The van der Waals surface area contributed by atoms with Crippen LogP contribution in [0.5, 0.6) is 0 Å². The molecule has 0 bridgehead atoms. The van der Waals surface area contributed by atoms with Crippen molar-refractivity contribution in [1.82, 2.24) is 0 Å². The van der Waals surface area contributed by atoms with E-state index in [0.717, 1.165) is 24.1 Å². The summed E-state index contributed by atoms with van der Waals surface area (Å²) in [5.41, 5.74) is 2.79. The van der Waals surface area contributed by atoms with E-state index < -0.39 is 10.0 Å². The highest BCUT2D eigenvalue weighted by molar-refractivity contribution is 7.92. The number of methoxy groups -OCH3 is 1. The molecule has 1 amide bonds. The highest BCUT2D eigenvalue weighted by Gasteiger charge is 2.24. The quantitative estimate of drug-likeness (QED) is 0.822. The Bertz CT molecular complexity index is 976. The lowest BCUT2D eigenvalue weighted by atomic mass is 10.0. The highest BCUT2D eigenvalue weighted by Crippen LogP contribution is 2.31. The molecule has 2 aromatic rings. The number of ether oxygens (including phenoxy) is 1. The van der Waals surface area contributed by atoms with Gasteiger partial charge in [-0.1, -0.05) is 17.7 Å². The smallest absolute Gasteiger partial charge is 0.262 e. The molecule has 0 aromatic heterocycles. The van der Waals surface area contributed by atoms with Gasteiger partial charge in [-0.25, -0.2) is 8.42 Å². The van der Waals surface area contributed by atoms with Gasteiger partial charge in [0.25, 0.3) is 15.9 Å². The predicted molar refractivity (Wildman–Crippen MR) is 106 cm³/mol. The fourth-order valence-corrected chi connectivity index (χ4v) is 4.75. The maximum absolute atomic E-state index is 12.7. The molecule has 0 radical (unpaired) electrons. The third-order valence-corrected chi connectivity index (χ3v) is 6.22. The van der Waals surface area contributed by atoms with Crippen LogP contribution in [0.1, 0.15) is 17.5 Å². The Morgan fingerprint density at radius 3 is 2.78 bits per heavy atom. The number of anilines is 2. The molecule has 0 fully saturated rings. The molecule has 0 spiro atoms. The molecule has 27 heavy (non-hydrogen) atoms. The molecule has 1 aliphatic heterocycles. The summed E-state index contributed by atoms with van der Waals surface area (Å²) in [5.74, 6) is -0.110. The van der Waals surface area contributed by atoms with Crippen LogP contribution in [0, 0.1) is 6.92 Å². The molecule has 0 unspecified atom stereocenters. The minimum Gasteiger partial charge on any atom is -0.375 e. The lowest BCUT2D eigenvalue weighted by Crippen LogP contribution is -2.37. The molecule has 0 saturated carbocycles. The van der Waals surface area contributed by atoms with Crippen LogP contribution in [-0.2, 0) is 26.0 Å². The molecule has 2 aromatic carbocycles. The summed E-state index contributed by atoms with van der Waals surface area (Å²) in [6.07, 6.45) is 1.59. The first kappa shape index (κ1) is 19.7. The van der Waals surface area contributed by atoms with E-state index in [-0.39, 0.29) is 17.4 Å². The fraction of sp³-hybridized carbons (Fsp3) is 0.316. The third-order valence-electron chi connectivity index (χ3n) is 4.46. The van der Waals surface area contributed by atoms with Gasteiger partial charge in [0, 0.05) is 30.1 Å². The first-order chi connectivity index (χ1) is 12.8. The van der Waals surface area contributed by atoms with Crippen molar-refractivity contribution in [1.29, 1.82) is 0 Å². The summed E-state index contributed by atoms with van der Waals surface area (Å²) in [4.78, 5) is 14.0. The molecule has 1 heterocycles. The number of benzene rings is 2. The number of halogens is 1. The number of nitrogens with one attached hydrogen (secondary N) is 1. The van der Waals surface area contributed by atoms with Crippen LogP contribution in [0.3, 0.4) is 0 Å². The summed E-state index contributed by atoms with van der Waals surface area (Å²) < 4.78 is 33.0. The van der Waals surface area contributed by atoms with Crippen molar-refractivity contribution >= 4 is 38.9 Å². The van der Waals surface area contributed by atoms with Crippen molar-refractivity contribution in [2.24, 2.45) is 0 Å². The topological polar surface area (TPSA) is 75.7 Å². The van der Waals surface area contributed by atoms with Gasteiger partial charge in [0.15, 0.2) is 0 Å². The van der Waals surface area contributed by atoms with E-state index in [1.807, 2.05) is 0 Å². The number of carbonyl (C=O) groups is 1. The summed E-state index contributed by atoms with van der Waals surface area (Å²) in [6.45, 7) is 2.36. The number of hydrogen-bond acceptors (Lipinski definition) is 4. The molecule has 6 nitrogen and oxygen atoms in total. The zero-order chi connectivity index (χ0) is 19.6. The van der Waals surface area contributed by atoms with Crippen molar-refractivity contribution in [3.63, 3.8) is 0 Å². The Kier molecular flexibility index (Phi) is 5.74. The second kappa shape index (κ2) is 7.88. The van der Waals surface area contributed by atoms with E-state index in [2.05, 4.69) is 4.72 Å². The molecular weight excluding hydrogens is 388 g/mol. The van der Waals surface area contributed by atoms with E-state index in [9.17, 15) is 13.2 Å². The Labute approximate surface area is 164 Å². The second-order valence-corrected chi connectivity index (χ2v) is 8.53. The summed E-state index contributed by atoms with van der Waals surface area (Å²) in [6, 6.07) is 9.96. The average Bonchev–Trinajstić information content (AvgIpc) is 2.62. The molecular formula is C19H21ClN2O4S. The molecule has 0 atom stereocenters. The van der Waals surface area contributed by atoms with Gasteiger partial charge >= 0.3 is 0 Å². The zero-order valence-corrected chi connectivity index (χ0v) is 16.7. The number of aryl methyl sites for hydroxylation is 2. The predicted octanol–water partition coefficient (Wildman–Crippen LogP) is 3.37. The van der Waals surface area contributed by atoms with Crippen LogP contribution in [0.4, 0.5) is 11.4 Å². The number of sulfonamides is 1. The number of carbonyl (C=O) groups excluding carboxylic acids is 1. The third kappa shape index (κ3) is 4.26. The number of fused-ring (bicyclic) bond motifs is 1. The van der Waals surface area contributed by atoms with E-state index in [1.165, 1.54) is 13.2 Å². The average molecular weight is 409 g/mol. The first-order valence-electron chi connectivity index (χ1n) is 8.53. The summed E-state index contributed by atoms with van der Waals surface area (Å²) >= 11 is 5.95. The number of rotatable bonds is 5. The Balaban J connectivity index is 1.89. The molecule has 3 rings (SSSR count). The minimum atomic E-state index is -3.77. The van der Waals surface area contributed by atoms with Crippen molar-refractivity contribution in [3.05, 3.63) is 52.5 Å². The Morgan fingerprint density at radius 1 is 1.26 bits per heavy atom. The number of amides is 1.